The molecule has 0 fully saturated rings. The van der Waals surface area contributed by atoms with E-state index in [4.69, 9.17) is 23.2 Å². The summed E-state index contributed by atoms with van der Waals surface area (Å²) in [5.41, 5.74) is 0.776. The van der Waals surface area contributed by atoms with Crippen LogP contribution >= 0.6 is 23.2 Å². The van der Waals surface area contributed by atoms with Crippen LogP contribution in [0.1, 0.15) is 5.56 Å². The van der Waals surface area contributed by atoms with Crippen molar-refractivity contribution in [3.8, 4) is 0 Å². The first kappa shape index (κ1) is 14.7. The Bertz CT molecular complexity index is 457. The molecule has 0 bridgehead atoms. The molecule has 1 rings (SSSR count). The topological polar surface area (TPSA) is 58.2 Å². The molecule has 0 radical (unpaired) electrons. The van der Waals surface area contributed by atoms with Crippen LogP contribution in [0.15, 0.2) is 18.2 Å². The second-order valence-electron chi connectivity index (χ2n) is 3.40. The van der Waals surface area contributed by atoms with Crippen molar-refractivity contribution in [2.24, 2.45) is 0 Å². The quantitative estimate of drug-likeness (QED) is 0.785. The maximum Gasteiger partial charge on any atom is 0.212 e. The summed E-state index contributed by atoms with van der Waals surface area (Å²) >= 11 is 11.9. The molecule has 4 nitrogen and oxygen atoms in total. The first-order valence-electron chi connectivity index (χ1n) is 5.01. The lowest BCUT2D eigenvalue weighted by Gasteiger charge is -2.08. The number of halogens is 2. The highest BCUT2D eigenvalue weighted by atomic mass is 35.5. The van der Waals surface area contributed by atoms with Crippen LogP contribution in [0.4, 0.5) is 0 Å². The van der Waals surface area contributed by atoms with Crippen LogP contribution in [-0.2, 0) is 16.6 Å². The van der Waals surface area contributed by atoms with Crippen LogP contribution in [0.25, 0.3) is 0 Å². The number of hydrogen-bond donors (Lipinski definition) is 2. The third kappa shape index (κ3) is 4.81. The summed E-state index contributed by atoms with van der Waals surface area (Å²) in [5.74, 6) is 0.0194. The standard InChI is InChI=1S/C10H14Cl2N2O2S/c1-13-17(15,16)6-5-14-7-8-9(11)3-2-4-10(8)12/h2-4,13-14H,5-7H2,1H3. The molecule has 0 amide bonds. The largest absolute Gasteiger partial charge is 0.312 e. The maximum atomic E-state index is 11.1. The first-order valence-corrected chi connectivity index (χ1v) is 7.42. The highest BCUT2D eigenvalue weighted by molar-refractivity contribution is 7.89. The first-order chi connectivity index (χ1) is 7.96. The third-order valence-corrected chi connectivity index (χ3v) is 4.29. The van der Waals surface area contributed by atoms with Gasteiger partial charge in [-0.1, -0.05) is 29.3 Å². The second-order valence-corrected chi connectivity index (χ2v) is 6.26. The van der Waals surface area contributed by atoms with Gasteiger partial charge in [0, 0.05) is 28.7 Å². The Morgan fingerprint density at radius 2 is 1.82 bits per heavy atom. The Morgan fingerprint density at radius 1 is 1.24 bits per heavy atom. The number of sulfonamides is 1. The van der Waals surface area contributed by atoms with Crippen LogP contribution in [0.5, 0.6) is 0 Å². The Balaban J connectivity index is 2.47. The van der Waals surface area contributed by atoms with Crippen molar-refractivity contribution in [3.05, 3.63) is 33.8 Å². The number of hydrogen-bond acceptors (Lipinski definition) is 3. The fourth-order valence-corrected chi connectivity index (χ4v) is 2.37. The van der Waals surface area contributed by atoms with Crippen molar-refractivity contribution in [3.63, 3.8) is 0 Å². The van der Waals surface area contributed by atoms with Gasteiger partial charge in [-0.3, -0.25) is 0 Å². The lowest BCUT2D eigenvalue weighted by atomic mass is 10.2. The van der Waals surface area contributed by atoms with E-state index in [1.807, 2.05) is 0 Å². The molecule has 1 aromatic rings. The predicted molar refractivity (Wildman–Crippen MR) is 71.0 cm³/mol. The van der Waals surface area contributed by atoms with Gasteiger partial charge in [0.25, 0.3) is 0 Å². The van der Waals surface area contributed by atoms with Crippen molar-refractivity contribution in [2.75, 3.05) is 19.3 Å². The lowest BCUT2D eigenvalue weighted by Crippen LogP contribution is -2.29. The van der Waals surface area contributed by atoms with Crippen molar-refractivity contribution < 1.29 is 8.42 Å². The van der Waals surface area contributed by atoms with Crippen LogP contribution in [0.2, 0.25) is 10.0 Å². The highest BCUT2D eigenvalue weighted by Gasteiger charge is 2.07. The summed E-state index contributed by atoms with van der Waals surface area (Å²) < 4.78 is 24.5. The molecule has 1 aromatic carbocycles. The van der Waals surface area contributed by atoms with E-state index in [9.17, 15) is 8.42 Å². The number of rotatable bonds is 6. The van der Waals surface area contributed by atoms with E-state index >= 15 is 0 Å². The van der Waals surface area contributed by atoms with Gasteiger partial charge in [0.15, 0.2) is 0 Å². The molecule has 0 unspecified atom stereocenters. The molecule has 96 valence electrons. The average Bonchev–Trinajstić information content (AvgIpc) is 2.27. The van der Waals surface area contributed by atoms with Crippen molar-refractivity contribution >= 4 is 33.2 Å². The zero-order valence-electron chi connectivity index (χ0n) is 9.33. The van der Waals surface area contributed by atoms with Gasteiger partial charge in [0.05, 0.1) is 5.75 Å². The fraction of sp³-hybridized carbons (Fsp3) is 0.400. The molecule has 0 aliphatic carbocycles. The molecule has 0 aliphatic heterocycles. The summed E-state index contributed by atoms with van der Waals surface area (Å²) in [7, 11) is -1.78. The van der Waals surface area contributed by atoms with E-state index in [1.54, 1.807) is 18.2 Å². The molecule has 0 atom stereocenters. The lowest BCUT2D eigenvalue weighted by molar-refractivity contribution is 0.583. The van der Waals surface area contributed by atoms with E-state index in [1.165, 1.54) is 7.05 Å². The summed E-state index contributed by atoms with van der Waals surface area (Å²) in [6.07, 6.45) is 0. The zero-order chi connectivity index (χ0) is 12.9. The van der Waals surface area contributed by atoms with Gasteiger partial charge >= 0.3 is 0 Å². The van der Waals surface area contributed by atoms with Gasteiger partial charge in [0.2, 0.25) is 10.0 Å². The van der Waals surface area contributed by atoms with Crippen LogP contribution in [0.3, 0.4) is 0 Å². The van der Waals surface area contributed by atoms with Crippen molar-refractivity contribution in [2.45, 2.75) is 6.54 Å². The molecule has 0 saturated carbocycles. The summed E-state index contributed by atoms with van der Waals surface area (Å²) in [4.78, 5) is 0. The number of nitrogens with one attached hydrogen (secondary N) is 2. The Kier molecular flexibility index (Phi) is 5.69. The smallest absolute Gasteiger partial charge is 0.212 e. The van der Waals surface area contributed by atoms with Crippen LogP contribution < -0.4 is 10.0 Å². The Morgan fingerprint density at radius 3 is 2.35 bits per heavy atom. The summed E-state index contributed by atoms with van der Waals surface area (Å²) in [5, 5.41) is 4.13. The summed E-state index contributed by atoms with van der Waals surface area (Å²) in [6.45, 7) is 0.780. The van der Waals surface area contributed by atoms with E-state index in [2.05, 4.69) is 10.0 Å². The van der Waals surface area contributed by atoms with E-state index in [-0.39, 0.29) is 5.75 Å². The maximum absolute atomic E-state index is 11.1. The zero-order valence-corrected chi connectivity index (χ0v) is 11.7. The average molecular weight is 297 g/mol. The number of benzene rings is 1. The second kappa shape index (κ2) is 6.56. The highest BCUT2D eigenvalue weighted by Crippen LogP contribution is 2.23. The molecule has 0 aliphatic rings. The predicted octanol–water partition coefficient (Wildman–Crippen LogP) is 1.63. The van der Waals surface area contributed by atoms with E-state index in [0.29, 0.717) is 23.1 Å². The van der Waals surface area contributed by atoms with Gasteiger partial charge in [0.1, 0.15) is 0 Å². The molecule has 0 heterocycles. The monoisotopic (exact) mass is 296 g/mol. The van der Waals surface area contributed by atoms with E-state index < -0.39 is 10.0 Å². The molecule has 0 saturated heterocycles. The van der Waals surface area contributed by atoms with Gasteiger partial charge in [-0.05, 0) is 19.2 Å². The molecule has 0 aromatic heterocycles. The van der Waals surface area contributed by atoms with Gasteiger partial charge < -0.3 is 5.32 Å². The van der Waals surface area contributed by atoms with Gasteiger partial charge in [-0.2, -0.15) is 0 Å². The third-order valence-electron chi connectivity index (χ3n) is 2.22. The molecule has 7 heteroatoms. The Labute approximate surface area is 111 Å². The minimum atomic E-state index is -3.17. The minimum absolute atomic E-state index is 0.0194. The van der Waals surface area contributed by atoms with Gasteiger partial charge in [-0.25, -0.2) is 13.1 Å². The molecule has 0 spiro atoms. The molecular weight excluding hydrogens is 283 g/mol. The van der Waals surface area contributed by atoms with E-state index in [0.717, 1.165) is 5.56 Å². The minimum Gasteiger partial charge on any atom is -0.312 e. The molecule has 17 heavy (non-hydrogen) atoms. The normalized spacial score (nSPS) is 11.7. The van der Waals surface area contributed by atoms with Crippen molar-refractivity contribution in [1.29, 1.82) is 0 Å². The van der Waals surface area contributed by atoms with Crippen LogP contribution in [-0.4, -0.2) is 27.8 Å². The summed E-state index contributed by atoms with van der Waals surface area (Å²) in [6, 6.07) is 5.25. The fourth-order valence-electron chi connectivity index (χ4n) is 1.22. The Hall–Kier alpha value is -0.330. The molecular formula is C10H14Cl2N2O2S. The SMILES string of the molecule is CNS(=O)(=O)CCNCc1c(Cl)cccc1Cl. The molecule has 2 N–H and O–H groups in total. The van der Waals surface area contributed by atoms with Gasteiger partial charge in [-0.15, -0.1) is 0 Å². The van der Waals surface area contributed by atoms with Crippen molar-refractivity contribution in [1.82, 2.24) is 10.0 Å². The van der Waals surface area contributed by atoms with Crippen LogP contribution in [0, 0.1) is 0 Å².